The second kappa shape index (κ2) is 4.84. The zero-order chi connectivity index (χ0) is 11.7. The molecule has 2 rings (SSSR count). The number of hydrogen-bond donors (Lipinski definition) is 1. The van der Waals surface area contributed by atoms with Gasteiger partial charge in [0.2, 0.25) is 0 Å². The Kier molecular flexibility index (Phi) is 3.65. The summed E-state index contributed by atoms with van der Waals surface area (Å²) in [5.41, 5.74) is 7.10. The molecular formula is C13H22N2S. The minimum absolute atomic E-state index is 0.492. The van der Waals surface area contributed by atoms with Crippen LogP contribution in [0.25, 0.3) is 0 Å². The summed E-state index contributed by atoms with van der Waals surface area (Å²) in [5.74, 6) is 1.85. The van der Waals surface area contributed by atoms with E-state index in [1.54, 1.807) is 0 Å². The molecule has 1 aromatic rings. The maximum atomic E-state index is 5.89. The van der Waals surface area contributed by atoms with E-state index in [9.17, 15) is 0 Å². The van der Waals surface area contributed by atoms with Gasteiger partial charge in [-0.1, -0.05) is 20.3 Å². The lowest BCUT2D eigenvalue weighted by Crippen LogP contribution is -2.17. The van der Waals surface area contributed by atoms with Crippen LogP contribution in [0.1, 0.15) is 60.5 Å². The second-order valence-corrected chi connectivity index (χ2v) is 6.28. The van der Waals surface area contributed by atoms with Crippen molar-refractivity contribution in [3.8, 4) is 0 Å². The Labute approximate surface area is 102 Å². The summed E-state index contributed by atoms with van der Waals surface area (Å²) in [6, 6.07) is 0. The monoisotopic (exact) mass is 238 g/mol. The van der Waals surface area contributed by atoms with Crippen LogP contribution in [0.15, 0.2) is 0 Å². The molecule has 1 atom stereocenters. The third kappa shape index (κ3) is 2.16. The van der Waals surface area contributed by atoms with Gasteiger partial charge in [0.1, 0.15) is 0 Å². The van der Waals surface area contributed by atoms with E-state index in [1.807, 2.05) is 11.3 Å². The molecule has 2 N–H and O–H groups in total. The Morgan fingerprint density at radius 1 is 1.44 bits per heavy atom. The van der Waals surface area contributed by atoms with E-state index in [2.05, 4.69) is 20.8 Å². The van der Waals surface area contributed by atoms with Gasteiger partial charge in [-0.25, -0.2) is 4.98 Å². The number of aromatic nitrogens is 1. The van der Waals surface area contributed by atoms with E-state index in [1.165, 1.54) is 34.8 Å². The molecule has 2 nitrogen and oxygen atoms in total. The third-order valence-electron chi connectivity index (χ3n) is 3.70. The van der Waals surface area contributed by atoms with Crippen molar-refractivity contribution in [2.45, 2.75) is 51.9 Å². The summed E-state index contributed by atoms with van der Waals surface area (Å²) >= 11 is 1.91. The molecule has 0 bridgehead atoms. The summed E-state index contributed by atoms with van der Waals surface area (Å²) in [6.45, 7) is 7.38. The predicted molar refractivity (Wildman–Crippen MR) is 70.1 cm³/mol. The van der Waals surface area contributed by atoms with Gasteiger partial charge in [0.05, 0.1) is 10.7 Å². The maximum Gasteiger partial charge on any atom is 0.0961 e. The van der Waals surface area contributed by atoms with Gasteiger partial charge in [0.25, 0.3) is 0 Å². The SMILES string of the molecule is Cc1nc(C2CCC2)sc1C(CN)C(C)C. The molecule has 90 valence electrons. The molecule has 0 spiro atoms. The van der Waals surface area contributed by atoms with Crippen LogP contribution in [-0.4, -0.2) is 11.5 Å². The zero-order valence-corrected chi connectivity index (χ0v) is 11.3. The number of nitrogens with zero attached hydrogens (tertiary/aromatic N) is 1. The zero-order valence-electron chi connectivity index (χ0n) is 10.5. The van der Waals surface area contributed by atoms with Crippen molar-refractivity contribution in [2.24, 2.45) is 11.7 Å². The van der Waals surface area contributed by atoms with Gasteiger partial charge < -0.3 is 5.73 Å². The summed E-state index contributed by atoms with van der Waals surface area (Å²) < 4.78 is 0. The van der Waals surface area contributed by atoms with E-state index in [4.69, 9.17) is 10.7 Å². The first kappa shape index (κ1) is 12.1. The van der Waals surface area contributed by atoms with E-state index in [0.29, 0.717) is 11.8 Å². The minimum Gasteiger partial charge on any atom is -0.330 e. The van der Waals surface area contributed by atoms with Crippen molar-refractivity contribution >= 4 is 11.3 Å². The molecule has 1 aliphatic rings. The Hall–Kier alpha value is -0.410. The second-order valence-electron chi connectivity index (χ2n) is 5.22. The highest BCUT2D eigenvalue weighted by Crippen LogP contribution is 2.41. The maximum absolute atomic E-state index is 5.89. The Balaban J connectivity index is 2.22. The van der Waals surface area contributed by atoms with Gasteiger partial charge in [0, 0.05) is 23.3 Å². The van der Waals surface area contributed by atoms with E-state index >= 15 is 0 Å². The topological polar surface area (TPSA) is 38.9 Å². The molecule has 1 fully saturated rings. The number of thiazole rings is 1. The lowest BCUT2D eigenvalue weighted by Gasteiger charge is -2.22. The molecule has 16 heavy (non-hydrogen) atoms. The number of rotatable bonds is 4. The van der Waals surface area contributed by atoms with Crippen LogP contribution in [0, 0.1) is 12.8 Å². The van der Waals surface area contributed by atoms with Gasteiger partial charge >= 0.3 is 0 Å². The van der Waals surface area contributed by atoms with Crippen LogP contribution in [0.3, 0.4) is 0 Å². The Morgan fingerprint density at radius 2 is 2.12 bits per heavy atom. The average molecular weight is 238 g/mol. The molecule has 1 heterocycles. The average Bonchev–Trinajstić information content (AvgIpc) is 2.45. The summed E-state index contributed by atoms with van der Waals surface area (Å²) in [7, 11) is 0. The molecule has 1 aromatic heterocycles. The predicted octanol–water partition coefficient (Wildman–Crippen LogP) is 3.42. The highest BCUT2D eigenvalue weighted by molar-refractivity contribution is 7.12. The van der Waals surface area contributed by atoms with Crippen molar-refractivity contribution in [1.29, 1.82) is 0 Å². The normalized spacial score (nSPS) is 18.8. The van der Waals surface area contributed by atoms with Crippen molar-refractivity contribution in [3.05, 3.63) is 15.6 Å². The van der Waals surface area contributed by atoms with E-state index in [-0.39, 0.29) is 0 Å². The van der Waals surface area contributed by atoms with Gasteiger partial charge in [0.15, 0.2) is 0 Å². The van der Waals surface area contributed by atoms with Crippen molar-refractivity contribution in [3.63, 3.8) is 0 Å². The van der Waals surface area contributed by atoms with Gasteiger partial charge in [-0.05, 0) is 25.7 Å². The van der Waals surface area contributed by atoms with Crippen LogP contribution >= 0.6 is 11.3 Å². The van der Waals surface area contributed by atoms with Crippen molar-refractivity contribution in [2.75, 3.05) is 6.54 Å². The summed E-state index contributed by atoms with van der Waals surface area (Å²) in [6.07, 6.45) is 4.05. The number of hydrogen-bond acceptors (Lipinski definition) is 3. The number of aryl methyl sites for hydroxylation is 1. The van der Waals surface area contributed by atoms with Crippen LogP contribution < -0.4 is 5.73 Å². The molecule has 1 saturated carbocycles. The Bertz CT molecular complexity index is 353. The quantitative estimate of drug-likeness (QED) is 0.873. The summed E-state index contributed by atoms with van der Waals surface area (Å²) in [4.78, 5) is 6.18. The molecule has 0 aliphatic heterocycles. The molecule has 1 aliphatic carbocycles. The lowest BCUT2D eigenvalue weighted by atomic mass is 9.86. The fourth-order valence-electron chi connectivity index (χ4n) is 2.29. The van der Waals surface area contributed by atoms with Crippen LogP contribution in [0.2, 0.25) is 0 Å². The van der Waals surface area contributed by atoms with Gasteiger partial charge in [-0.2, -0.15) is 0 Å². The Morgan fingerprint density at radius 3 is 2.56 bits per heavy atom. The standard InChI is InChI=1S/C13H22N2S/c1-8(2)11(7-14)12-9(3)15-13(16-12)10-5-4-6-10/h8,10-11H,4-7,14H2,1-3H3. The lowest BCUT2D eigenvalue weighted by molar-refractivity contribution is 0.418. The van der Waals surface area contributed by atoms with Crippen LogP contribution in [-0.2, 0) is 0 Å². The summed E-state index contributed by atoms with van der Waals surface area (Å²) in [5, 5.41) is 1.36. The van der Waals surface area contributed by atoms with Crippen LogP contribution in [0.5, 0.6) is 0 Å². The smallest absolute Gasteiger partial charge is 0.0961 e. The fraction of sp³-hybridized carbons (Fsp3) is 0.769. The van der Waals surface area contributed by atoms with E-state index < -0.39 is 0 Å². The molecule has 3 heteroatoms. The first-order chi connectivity index (χ1) is 7.63. The first-order valence-electron chi connectivity index (χ1n) is 6.30. The number of nitrogens with two attached hydrogens (primary N) is 1. The van der Waals surface area contributed by atoms with Crippen molar-refractivity contribution in [1.82, 2.24) is 4.98 Å². The first-order valence-corrected chi connectivity index (χ1v) is 7.12. The fourth-order valence-corrected chi connectivity index (χ4v) is 3.81. The highest BCUT2D eigenvalue weighted by Gasteiger charge is 2.26. The van der Waals surface area contributed by atoms with Gasteiger partial charge in [-0.3, -0.25) is 0 Å². The highest BCUT2D eigenvalue weighted by atomic mass is 32.1. The molecule has 0 radical (unpaired) electrons. The largest absolute Gasteiger partial charge is 0.330 e. The molecule has 0 saturated heterocycles. The van der Waals surface area contributed by atoms with Gasteiger partial charge in [-0.15, -0.1) is 11.3 Å². The molecular weight excluding hydrogens is 216 g/mol. The molecule has 1 unspecified atom stereocenters. The minimum atomic E-state index is 0.492. The van der Waals surface area contributed by atoms with Crippen molar-refractivity contribution < 1.29 is 0 Å². The van der Waals surface area contributed by atoms with E-state index in [0.717, 1.165) is 12.5 Å². The molecule has 0 amide bonds. The third-order valence-corrected chi connectivity index (χ3v) is 5.15. The van der Waals surface area contributed by atoms with Crippen LogP contribution in [0.4, 0.5) is 0 Å². The molecule has 0 aromatic carbocycles.